The Kier molecular flexibility index (Phi) is 2.74. The zero-order valence-corrected chi connectivity index (χ0v) is 11.6. The maximum absolute atomic E-state index is 12.3. The number of nitrogens with one attached hydrogen (secondary N) is 1. The molecule has 2 heterocycles. The number of fused-ring (bicyclic) bond motifs is 1. The van der Waals surface area contributed by atoms with Crippen LogP contribution in [0.15, 0.2) is 24.3 Å². The lowest BCUT2D eigenvalue weighted by Crippen LogP contribution is -2.64. The lowest BCUT2D eigenvalue weighted by atomic mass is 9.97. The van der Waals surface area contributed by atoms with Crippen molar-refractivity contribution in [2.75, 3.05) is 19.6 Å². The Bertz CT molecular complexity index is 541. The Morgan fingerprint density at radius 3 is 3.05 bits per heavy atom. The number of benzene rings is 1. The van der Waals surface area contributed by atoms with Gasteiger partial charge in [0.2, 0.25) is 0 Å². The van der Waals surface area contributed by atoms with Crippen molar-refractivity contribution in [2.45, 2.75) is 31.4 Å². The Balaban J connectivity index is 1.56. The maximum Gasteiger partial charge on any atom is 0.258 e. The molecule has 1 aliphatic carbocycles. The molecule has 3 aliphatic rings. The van der Waals surface area contributed by atoms with Crippen molar-refractivity contribution in [2.24, 2.45) is 5.92 Å². The Hall–Kier alpha value is -1.55. The number of ether oxygens (including phenoxy) is 1. The number of carbonyl (C=O) groups excluding carboxylic acids is 1. The lowest BCUT2D eigenvalue weighted by molar-refractivity contribution is -0.0381. The molecule has 1 aromatic rings. The molecular formula is C16H20N2O2. The zero-order chi connectivity index (χ0) is 13.6. The van der Waals surface area contributed by atoms with Crippen LogP contribution in [0, 0.1) is 5.92 Å². The number of hydrogen-bond acceptors (Lipinski definition) is 3. The average Bonchev–Trinajstić information content (AvgIpc) is 3.23. The van der Waals surface area contributed by atoms with Gasteiger partial charge in [-0.3, -0.25) is 9.69 Å². The molecule has 4 nitrogen and oxygen atoms in total. The zero-order valence-electron chi connectivity index (χ0n) is 11.6. The molecule has 1 aromatic carbocycles. The molecule has 1 saturated heterocycles. The second kappa shape index (κ2) is 4.48. The smallest absolute Gasteiger partial charge is 0.258 e. The molecule has 106 valence electrons. The molecule has 1 spiro atoms. The minimum absolute atomic E-state index is 0.000113. The van der Waals surface area contributed by atoms with Gasteiger partial charge in [-0.05, 0) is 43.9 Å². The molecule has 2 fully saturated rings. The van der Waals surface area contributed by atoms with E-state index in [2.05, 4.69) is 10.2 Å². The molecular weight excluding hydrogens is 252 g/mol. The quantitative estimate of drug-likeness (QED) is 0.895. The number of amides is 1. The van der Waals surface area contributed by atoms with E-state index >= 15 is 0 Å². The third-order valence-electron chi connectivity index (χ3n) is 4.53. The van der Waals surface area contributed by atoms with Crippen molar-refractivity contribution in [1.82, 2.24) is 10.2 Å². The van der Waals surface area contributed by atoms with Gasteiger partial charge in [0.1, 0.15) is 5.75 Å². The number of rotatable bonds is 2. The van der Waals surface area contributed by atoms with Crippen LogP contribution in [-0.2, 0) is 0 Å². The second-order valence-corrected chi connectivity index (χ2v) is 6.33. The summed E-state index contributed by atoms with van der Waals surface area (Å²) in [6, 6.07) is 7.52. The van der Waals surface area contributed by atoms with Crippen molar-refractivity contribution < 1.29 is 9.53 Å². The van der Waals surface area contributed by atoms with Crippen LogP contribution in [0.5, 0.6) is 5.75 Å². The molecule has 20 heavy (non-hydrogen) atoms. The molecule has 4 rings (SSSR count). The van der Waals surface area contributed by atoms with Gasteiger partial charge in [0.15, 0.2) is 5.72 Å². The molecule has 1 N–H and O–H groups in total. The van der Waals surface area contributed by atoms with Crippen LogP contribution in [0.2, 0.25) is 0 Å². The largest absolute Gasteiger partial charge is 0.466 e. The predicted octanol–water partition coefficient (Wildman–Crippen LogP) is 2.01. The van der Waals surface area contributed by atoms with Gasteiger partial charge < -0.3 is 10.1 Å². The van der Waals surface area contributed by atoms with Gasteiger partial charge >= 0.3 is 0 Å². The summed E-state index contributed by atoms with van der Waals surface area (Å²) in [5.74, 6) is 1.60. The summed E-state index contributed by atoms with van der Waals surface area (Å²) >= 11 is 0. The lowest BCUT2D eigenvalue weighted by Gasteiger charge is -2.45. The van der Waals surface area contributed by atoms with Crippen molar-refractivity contribution in [1.29, 1.82) is 0 Å². The van der Waals surface area contributed by atoms with Crippen LogP contribution in [-0.4, -0.2) is 36.2 Å². The minimum Gasteiger partial charge on any atom is -0.466 e. The van der Waals surface area contributed by atoms with Gasteiger partial charge in [0, 0.05) is 13.0 Å². The predicted molar refractivity (Wildman–Crippen MR) is 75.7 cm³/mol. The van der Waals surface area contributed by atoms with Gasteiger partial charge in [-0.1, -0.05) is 12.1 Å². The first-order valence-corrected chi connectivity index (χ1v) is 7.57. The van der Waals surface area contributed by atoms with E-state index in [1.165, 1.54) is 12.8 Å². The van der Waals surface area contributed by atoms with E-state index in [9.17, 15) is 4.79 Å². The molecule has 1 saturated carbocycles. The molecule has 1 amide bonds. The van der Waals surface area contributed by atoms with Crippen molar-refractivity contribution >= 4 is 5.91 Å². The fraction of sp³-hybridized carbons (Fsp3) is 0.562. The van der Waals surface area contributed by atoms with Crippen molar-refractivity contribution in [3.05, 3.63) is 29.8 Å². The average molecular weight is 272 g/mol. The van der Waals surface area contributed by atoms with Crippen LogP contribution in [0.25, 0.3) is 0 Å². The molecule has 1 unspecified atom stereocenters. The Morgan fingerprint density at radius 2 is 2.20 bits per heavy atom. The van der Waals surface area contributed by atoms with Gasteiger partial charge in [-0.2, -0.15) is 0 Å². The van der Waals surface area contributed by atoms with E-state index in [0.717, 1.165) is 44.1 Å². The fourth-order valence-corrected chi connectivity index (χ4v) is 3.37. The summed E-state index contributed by atoms with van der Waals surface area (Å²) in [5.41, 5.74) is 0.135. The third kappa shape index (κ3) is 2.18. The second-order valence-electron chi connectivity index (χ2n) is 6.33. The molecule has 0 bridgehead atoms. The monoisotopic (exact) mass is 272 g/mol. The summed E-state index contributed by atoms with van der Waals surface area (Å²) < 4.78 is 6.19. The summed E-state index contributed by atoms with van der Waals surface area (Å²) in [7, 11) is 0. The SMILES string of the molecule is O=C1NC2(CCCN(CC3CC3)C2)Oc2ccccc21. The third-order valence-corrected chi connectivity index (χ3v) is 4.53. The Morgan fingerprint density at radius 1 is 1.35 bits per heavy atom. The number of nitrogens with zero attached hydrogens (tertiary/aromatic N) is 1. The molecule has 2 aliphatic heterocycles. The first-order valence-electron chi connectivity index (χ1n) is 7.57. The summed E-state index contributed by atoms with van der Waals surface area (Å²) in [6.07, 6.45) is 4.70. The van der Waals surface area contributed by atoms with E-state index in [1.807, 2.05) is 24.3 Å². The van der Waals surface area contributed by atoms with E-state index in [-0.39, 0.29) is 5.91 Å². The Labute approximate surface area is 119 Å². The van der Waals surface area contributed by atoms with E-state index < -0.39 is 5.72 Å². The van der Waals surface area contributed by atoms with Gasteiger partial charge in [0.05, 0.1) is 12.1 Å². The van der Waals surface area contributed by atoms with Gasteiger partial charge in [0.25, 0.3) is 5.91 Å². The van der Waals surface area contributed by atoms with Gasteiger partial charge in [-0.15, -0.1) is 0 Å². The summed E-state index contributed by atoms with van der Waals surface area (Å²) in [4.78, 5) is 14.7. The maximum atomic E-state index is 12.3. The first kappa shape index (κ1) is 12.2. The fourth-order valence-electron chi connectivity index (χ4n) is 3.37. The van der Waals surface area contributed by atoms with Gasteiger partial charge in [-0.25, -0.2) is 0 Å². The van der Waals surface area contributed by atoms with Crippen LogP contribution < -0.4 is 10.1 Å². The van der Waals surface area contributed by atoms with E-state index in [1.54, 1.807) is 0 Å². The number of piperidine rings is 1. The van der Waals surface area contributed by atoms with Crippen LogP contribution in [0.3, 0.4) is 0 Å². The number of carbonyl (C=O) groups is 1. The minimum atomic E-state index is -0.515. The van der Waals surface area contributed by atoms with E-state index in [0.29, 0.717) is 5.56 Å². The molecule has 0 aromatic heterocycles. The number of para-hydroxylation sites is 1. The van der Waals surface area contributed by atoms with E-state index in [4.69, 9.17) is 4.74 Å². The number of likely N-dealkylation sites (tertiary alicyclic amines) is 1. The highest BCUT2D eigenvalue weighted by Gasteiger charge is 2.43. The van der Waals surface area contributed by atoms with Crippen LogP contribution in [0.1, 0.15) is 36.0 Å². The normalized spacial score (nSPS) is 29.7. The standard InChI is InChI=1S/C16H20N2O2/c19-15-13-4-1-2-5-14(13)20-16(17-15)8-3-9-18(11-16)10-12-6-7-12/h1-2,4-5,12H,3,6-11H2,(H,17,19). The molecule has 4 heteroatoms. The van der Waals surface area contributed by atoms with Crippen molar-refractivity contribution in [3.8, 4) is 5.75 Å². The highest BCUT2D eigenvalue weighted by atomic mass is 16.5. The van der Waals surface area contributed by atoms with Crippen molar-refractivity contribution in [3.63, 3.8) is 0 Å². The first-order chi connectivity index (χ1) is 9.74. The highest BCUT2D eigenvalue weighted by molar-refractivity contribution is 5.98. The van der Waals surface area contributed by atoms with Crippen LogP contribution in [0.4, 0.5) is 0 Å². The summed E-state index contributed by atoms with van der Waals surface area (Å²) in [5, 5.41) is 3.11. The highest BCUT2D eigenvalue weighted by Crippen LogP contribution is 2.35. The molecule has 0 radical (unpaired) electrons. The topological polar surface area (TPSA) is 41.6 Å². The number of hydrogen-bond donors (Lipinski definition) is 1. The van der Waals surface area contributed by atoms with Crippen LogP contribution >= 0.6 is 0 Å². The summed E-state index contributed by atoms with van der Waals surface area (Å²) in [6.45, 7) is 3.09. The molecule has 1 atom stereocenters.